The molecule has 6 nitrogen and oxygen atoms in total. The van der Waals surface area contributed by atoms with Crippen LogP contribution < -0.4 is 21.3 Å². The number of anilines is 2. The lowest BCUT2D eigenvalue weighted by Crippen LogP contribution is -2.28. The third-order valence-electron chi connectivity index (χ3n) is 3.59. The number of benzene rings is 1. The highest BCUT2D eigenvalue weighted by atomic mass is 16.2. The van der Waals surface area contributed by atoms with Gasteiger partial charge in [-0.25, -0.2) is 0 Å². The maximum Gasteiger partial charge on any atom is 0.245 e. The van der Waals surface area contributed by atoms with Crippen molar-refractivity contribution in [2.45, 2.75) is 12.5 Å². The number of hydrogen-bond donors (Lipinski definition) is 3. The van der Waals surface area contributed by atoms with Gasteiger partial charge in [0.05, 0.1) is 0 Å². The second-order valence-corrected chi connectivity index (χ2v) is 4.83. The maximum absolute atomic E-state index is 11.5. The first-order valence-corrected chi connectivity index (χ1v) is 6.37. The molecule has 0 spiro atoms. The second kappa shape index (κ2) is 4.55. The quantitative estimate of drug-likeness (QED) is 0.661. The smallest absolute Gasteiger partial charge is 0.245 e. The van der Waals surface area contributed by atoms with Crippen molar-refractivity contribution in [3.8, 4) is 0 Å². The van der Waals surface area contributed by atoms with Crippen LogP contribution in [0.3, 0.4) is 0 Å². The molecular formula is C13H16N4O2. The molecule has 1 saturated heterocycles. The molecule has 19 heavy (non-hydrogen) atoms. The van der Waals surface area contributed by atoms with Crippen LogP contribution in [-0.2, 0) is 9.59 Å². The first-order valence-electron chi connectivity index (χ1n) is 6.37. The van der Waals surface area contributed by atoms with Gasteiger partial charge in [-0.15, -0.1) is 0 Å². The monoisotopic (exact) mass is 260 g/mol. The van der Waals surface area contributed by atoms with E-state index < -0.39 is 6.04 Å². The Balaban J connectivity index is 1.85. The minimum atomic E-state index is -0.573. The zero-order valence-corrected chi connectivity index (χ0v) is 10.5. The lowest BCUT2D eigenvalue weighted by Gasteiger charge is -2.22. The van der Waals surface area contributed by atoms with Gasteiger partial charge in [-0.3, -0.25) is 9.59 Å². The Morgan fingerprint density at radius 2 is 2.11 bits per heavy atom. The zero-order chi connectivity index (χ0) is 13.4. The fraction of sp³-hybridized carbons (Fsp3) is 0.385. The van der Waals surface area contributed by atoms with Gasteiger partial charge in [0, 0.05) is 43.0 Å². The van der Waals surface area contributed by atoms with Gasteiger partial charge in [0.25, 0.3) is 0 Å². The molecule has 2 amide bonds. The Hall–Kier alpha value is -2.08. The number of rotatable bonds is 1. The third-order valence-corrected chi connectivity index (χ3v) is 3.59. The van der Waals surface area contributed by atoms with E-state index in [9.17, 15) is 9.59 Å². The first-order chi connectivity index (χ1) is 9.15. The third kappa shape index (κ3) is 2.15. The molecule has 0 radical (unpaired) electrons. The van der Waals surface area contributed by atoms with Crippen molar-refractivity contribution < 1.29 is 9.59 Å². The first kappa shape index (κ1) is 12.0. The molecule has 2 aliphatic rings. The van der Waals surface area contributed by atoms with E-state index >= 15 is 0 Å². The number of amides is 2. The Bertz CT molecular complexity index is 543. The van der Waals surface area contributed by atoms with E-state index in [-0.39, 0.29) is 11.8 Å². The van der Waals surface area contributed by atoms with Crippen LogP contribution in [0.2, 0.25) is 0 Å². The highest BCUT2D eigenvalue weighted by Gasteiger charge is 2.27. The Kier molecular flexibility index (Phi) is 2.87. The maximum atomic E-state index is 11.5. The van der Waals surface area contributed by atoms with E-state index in [1.165, 1.54) is 0 Å². The molecule has 0 aromatic heterocycles. The van der Waals surface area contributed by atoms with Crippen LogP contribution in [0.5, 0.6) is 0 Å². The molecular weight excluding hydrogens is 244 g/mol. The molecule has 0 bridgehead atoms. The molecule has 100 valence electrons. The number of hydrogen-bond acceptors (Lipinski definition) is 4. The van der Waals surface area contributed by atoms with Crippen LogP contribution in [0.15, 0.2) is 18.2 Å². The second-order valence-electron chi connectivity index (χ2n) is 4.83. The summed E-state index contributed by atoms with van der Waals surface area (Å²) in [7, 11) is 0. The van der Waals surface area contributed by atoms with Gasteiger partial charge in [-0.1, -0.05) is 6.07 Å². The molecule has 3 rings (SSSR count). The molecule has 1 aromatic rings. The topological polar surface area (TPSA) is 87.5 Å². The average Bonchev–Trinajstić information content (AvgIpc) is 2.57. The molecule has 1 atom stereocenters. The Morgan fingerprint density at radius 3 is 2.95 bits per heavy atom. The Labute approximate surface area is 110 Å². The highest BCUT2D eigenvalue weighted by molar-refractivity contribution is 6.03. The van der Waals surface area contributed by atoms with Gasteiger partial charge in [-0.2, -0.15) is 0 Å². The number of carbonyl (C=O) groups excluding carboxylic acids is 2. The van der Waals surface area contributed by atoms with Crippen LogP contribution in [0.25, 0.3) is 0 Å². The van der Waals surface area contributed by atoms with Crippen LogP contribution in [0.4, 0.5) is 11.4 Å². The lowest BCUT2D eigenvalue weighted by atomic mass is 10.1. The molecule has 1 fully saturated rings. The van der Waals surface area contributed by atoms with Crippen molar-refractivity contribution in [1.29, 1.82) is 0 Å². The van der Waals surface area contributed by atoms with E-state index in [0.717, 1.165) is 23.5 Å². The van der Waals surface area contributed by atoms with E-state index in [0.29, 0.717) is 19.5 Å². The van der Waals surface area contributed by atoms with Crippen molar-refractivity contribution in [2.24, 2.45) is 5.73 Å². The molecule has 6 heteroatoms. The predicted octanol–water partition coefficient (Wildman–Crippen LogP) is -0.0352. The fourth-order valence-corrected chi connectivity index (χ4v) is 2.50. The number of nitrogens with two attached hydrogens (primary N) is 1. The summed E-state index contributed by atoms with van der Waals surface area (Å²) < 4.78 is 0. The average molecular weight is 260 g/mol. The van der Waals surface area contributed by atoms with E-state index in [2.05, 4.69) is 15.5 Å². The minimum Gasteiger partial charge on any atom is -0.369 e. The molecule has 2 heterocycles. The summed E-state index contributed by atoms with van der Waals surface area (Å²) in [4.78, 5) is 25.0. The number of nitrogens with zero attached hydrogens (tertiary/aromatic N) is 1. The predicted molar refractivity (Wildman–Crippen MR) is 71.8 cm³/mol. The Morgan fingerprint density at radius 1 is 1.26 bits per heavy atom. The van der Waals surface area contributed by atoms with Crippen LogP contribution in [-0.4, -0.2) is 31.4 Å². The van der Waals surface area contributed by atoms with E-state index in [1.54, 1.807) is 0 Å². The van der Waals surface area contributed by atoms with Gasteiger partial charge in [0.1, 0.15) is 6.04 Å². The van der Waals surface area contributed by atoms with Crippen molar-refractivity contribution >= 4 is 23.2 Å². The summed E-state index contributed by atoms with van der Waals surface area (Å²) in [6, 6.07) is 5.19. The van der Waals surface area contributed by atoms with Crippen LogP contribution in [0.1, 0.15) is 18.0 Å². The molecule has 1 aromatic carbocycles. The lowest BCUT2D eigenvalue weighted by molar-refractivity contribution is -0.120. The molecule has 0 aliphatic carbocycles. The summed E-state index contributed by atoms with van der Waals surface area (Å²) in [6.45, 7) is 2.09. The summed E-state index contributed by atoms with van der Waals surface area (Å²) in [6.07, 6.45) is 0.489. The van der Waals surface area contributed by atoms with Crippen molar-refractivity contribution in [3.63, 3.8) is 0 Å². The standard InChI is InChI=1S/C13H16N4O2/c14-12-9-2-1-8(7-10(9)16-13(12)19)17-5-3-11(18)15-4-6-17/h1-2,7,12H,3-6,14H2,(H,15,18)(H,16,19). The number of fused-ring (bicyclic) bond motifs is 1. The van der Waals surface area contributed by atoms with Gasteiger partial charge in [0.2, 0.25) is 11.8 Å². The zero-order valence-electron chi connectivity index (χ0n) is 10.5. The molecule has 0 saturated carbocycles. The summed E-state index contributed by atoms with van der Waals surface area (Å²) in [5.41, 5.74) is 8.39. The van der Waals surface area contributed by atoms with Gasteiger partial charge in [0.15, 0.2) is 0 Å². The van der Waals surface area contributed by atoms with Crippen LogP contribution >= 0.6 is 0 Å². The van der Waals surface area contributed by atoms with Gasteiger partial charge < -0.3 is 21.3 Å². The largest absolute Gasteiger partial charge is 0.369 e. The minimum absolute atomic E-state index is 0.0824. The van der Waals surface area contributed by atoms with Crippen molar-refractivity contribution in [2.75, 3.05) is 29.9 Å². The SMILES string of the molecule is NC1C(=O)Nc2cc(N3CCNC(=O)CC3)ccc21. The van der Waals surface area contributed by atoms with Gasteiger partial charge >= 0.3 is 0 Å². The van der Waals surface area contributed by atoms with E-state index in [1.807, 2.05) is 18.2 Å². The summed E-state index contributed by atoms with van der Waals surface area (Å²) >= 11 is 0. The van der Waals surface area contributed by atoms with Crippen molar-refractivity contribution in [3.05, 3.63) is 23.8 Å². The van der Waals surface area contributed by atoms with Crippen molar-refractivity contribution in [1.82, 2.24) is 5.32 Å². The number of nitrogens with one attached hydrogen (secondary N) is 2. The fourth-order valence-electron chi connectivity index (χ4n) is 2.50. The molecule has 1 unspecified atom stereocenters. The van der Waals surface area contributed by atoms with Crippen LogP contribution in [0, 0.1) is 0 Å². The summed E-state index contributed by atoms with van der Waals surface area (Å²) in [5.74, 6) is -0.0844. The highest BCUT2D eigenvalue weighted by Crippen LogP contribution is 2.32. The van der Waals surface area contributed by atoms with Gasteiger partial charge in [-0.05, 0) is 12.1 Å². The normalized spacial score (nSPS) is 22.6. The van der Waals surface area contributed by atoms with E-state index in [4.69, 9.17) is 5.73 Å². The summed E-state index contributed by atoms with van der Waals surface area (Å²) in [5, 5.41) is 5.62. The molecule has 4 N–H and O–H groups in total. The molecule has 2 aliphatic heterocycles. The number of carbonyl (C=O) groups is 2.